The van der Waals surface area contributed by atoms with Crippen LogP contribution in [0.1, 0.15) is 5.56 Å². The third-order valence-corrected chi connectivity index (χ3v) is 5.71. The maximum absolute atomic E-state index is 4.77. The molecule has 3 nitrogen and oxygen atoms in total. The van der Waals surface area contributed by atoms with Crippen molar-refractivity contribution in [2.24, 2.45) is 5.10 Å². The maximum Gasteiger partial charge on any atom is 0.0749 e. The first kappa shape index (κ1) is 17.6. The molecular weight excluding hydrogens is 378 g/mol. The Labute approximate surface area is 179 Å². The van der Waals surface area contributed by atoms with E-state index >= 15 is 0 Å². The van der Waals surface area contributed by atoms with Crippen molar-refractivity contribution in [1.82, 2.24) is 4.98 Å². The fraction of sp³-hybridized carbons (Fsp3) is 0. The topological polar surface area (TPSA) is 37.3 Å². The molecule has 1 N–H and O–H groups in total. The summed E-state index contributed by atoms with van der Waals surface area (Å²) in [6.07, 6.45) is 1.87. The molecule has 6 aromatic rings. The molecule has 0 fully saturated rings. The van der Waals surface area contributed by atoms with E-state index in [0.717, 1.165) is 33.1 Å². The fourth-order valence-electron chi connectivity index (χ4n) is 4.17. The molecule has 5 aromatic carbocycles. The molecule has 6 rings (SSSR count). The zero-order valence-electron chi connectivity index (χ0n) is 16.8. The molecule has 146 valence electrons. The van der Waals surface area contributed by atoms with Crippen LogP contribution in [-0.4, -0.2) is 11.2 Å². The van der Waals surface area contributed by atoms with Crippen LogP contribution < -0.4 is 5.43 Å². The zero-order chi connectivity index (χ0) is 20.6. The van der Waals surface area contributed by atoms with Crippen molar-refractivity contribution in [3.05, 3.63) is 109 Å². The second-order valence-electron chi connectivity index (χ2n) is 7.70. The fourth-order valence-corrected chi connectivity index (χ4v) is 4.17. The van der Waals surface area contributed by atoms with Crippen molar-refractivity contribution in [1.29, 1.82) is 0 Å². The third-order valence-electron chi connectivity index (χ3n) is 5.71. The number of anilines is 1. The molecule has 1 aromatic heterocycles. The molecule has 0 atom stereocenters. The highest BCUT2D eigenvalue weighted by atomic mass is 15.3. The van der Waals surface area contributed by atoms with Gasteiger partial charge in [-0.1, -0.05) is 72.8 Å². The smallest absolute Gasteiger partial charge is 0.0749 e. The summed E-state index contributed by atoms with van der Waals surface area (Å²) in [4.78, 5) is 4.77. The van der Waals surface area contributed by atoms with Crippen LogP contribution in [0.4, 0.5) is 5.69 Å². The molecule has 0 bridgehead atoms. The standard InChI is InChI=1S/C28H19N3/c1-2-8-21-17-23-15-19(13-14-22(23)16-20(21)7-1)18-29-31-28-24-9-3-5-11-26(24)30-27-12-6-4-10-25(27)28/h1-18H,(H,30,31)/b29-18+. The summed E-state index contributed by atoms with van der Waals surface area (Å²) < 4.78 is 0. The van der Waals surface area contributed by atoms with Crippen LogP contribution in [0.3, 0.4) is 0 Å². The van der Waals surface area contributed by atoms with E-state index in [1.54, 1.807) is 0 Å². The van der Waals surface area contributed by atoms with Gasteiger partial charge in [-0.2, -0.15) is 5.10 Å². The minimum Gasteiger partial charge on any atom is -0.277 e. The largest absolute Gasteiger partial charge is 0.277 e. The van der Waals surface area contributed by atoms with Crippen LogP contribution in [0.5, 0.6) is 0 Å². The average Bonchev–Trinajstić information content (AvgIpc) is 2.82. The van der Waals surface area contributed by atoms with Crippen LogP contribution in [0.15, 0.2) is 108 Å². The van der Waals surface area contributed by atoms with Crippen molar-refractivity contribution < 1.29 is 0 Å². The lowest BCUT2D eigenvalue weighted by molar-refractivity contribution is 1.37. The van der Waals surface area contributed by atoms with Gasteiger partial charge in [-0.25, -0.2) is 4.98 Å². The average molecular weight is 397 g/mol. The Balaban J connectivity index is 1.39. The first-order valence-corrected chi connectivity index (χ1v) is 10.3. The van der Waals surface area contributed by atoms with Gasteiger partial charge >= 0.3 is 0 Å². The molecule has 0 radical (unpaired) electrons. The van der Waals surface area contributed by atoms with Crippen LogP contribution >= 0.6 is 0 Å². The van der Waals surface area contributed by atoms with E-state index in [0.29, 0.717) is 0 Å². The third kappa shape index (κ3) is 3.17. The second kappa shape index (κ2) is 7.22. The lowest BCUT2D eigenvalue weighted by Gasteiger charge is -2.10. The first-order valence-electron chi connectivity index (χ1n) is 10.3. The Bertz CT molecular complexity index is 1560. The number of hydrogen-bond donors (Lipinski definition) is 1. The number of hydrazone groups is 1. The molecule has 0 amide bonds. The second-order valence-corrected chi connectivity index (χ2v) is 7.70. The van der Waals surface area contributed by atoms with Gasteiger partial charge in [-0.05, 0) is 57.4 Å². The molecule has 0 saturated heterocycles. The van der Waals surface area contributed by atoms with Gasteiger partial charge in [0.2, 0.25) is 0 Å². The Morgan fingerprint density at radius 3 is 1.87 bits per heavy atom. The van der Waals surface area contributed by atoms with Crippen LogP contribution in [-0.2, 0) is 0 Å². The van der Waals surface area contributed by atoms with Gasteiger partial charge in [0.25, 0.3) is 0 Å². The molecule has 31 heavy (non-hydrogen) atoms. The molecule has 3 heteroatoms. The quantitative estimate of drug-likeness (QED) is 0.196. The number of fused-ring (bicyclic) bond motifs is 4. The lowest BCUT2D eigenvalue weighted by atomic mass is 10.0. The van der Waals surface area contributed by atoms with Gasteiger partial charge in [-0.15, -0.1) is 0 Å². The highest BCUT2D eigenvalue weighted by molar-refractivity contribution is 6.07. The van der Waals surface area contributed by atoms with Crippen LogP contribution in [0, 0.1) is 0 Å². The molecule has 0 aliphatic carbocycles. The van der Waals surface area contributed by atoms with Crippen molar-refractivity contribution in [2.75, 3.05) is 5.43 Å². The summed E-state index contributed by atoms with van der Waals surface area (Å²) >= 11 is 0. The number of pyridine rings is 1. The molecule has 0 spiro atoms. The van der Waals surface area contributed by atoms with Crippen molar-refractivity contribution in [2.45, 2.75) is 0 Å². The minimum atomic E-state index is 0.955. The van der Waals surface area contributed by atoms with E-state index < -0.39 is 0 Å². The summed E-state index contributed by atoms with van der Waals surface area (Å²) in [6, 6.07) is 35.7. The summed E-state index contributed by atoms with van der Waals surface area (Å²) in [5, 5.41) is 11.6. The predicted molar refractivity (Wildman–Crippen MR) is 132 cm³/mol. The van der Waals surface area contributed by atoms with Gasteiger partial charge in [0.15, 0.2) is 0 Å². The van der Waals surface area contributed by atoms with Gasteiger partial charge in [0.1, 0.15) is 0 Å². The summed E-state index contributed by atoms with van der Waals surface area (Å²) in [6.45, 7) is 0. The van der Waals surface area contributed by atoms with Gasteiger partial charge in [0.05, 0.1) is 22.9 Å². The van der Waals surface area contributed by atoms with E-state index in [2.05, 4.69) is 77.3 Å². The van der Waals surface area contributed by atoms with Crippen molar-refractivity contribution in [3.8, 4) is 0 Å². The minimum absolute atomic E-state index is 0.955. The Hall–Kier alpha value is -4.24. The Morgan fingerprint density at radius 2 is 1.16 bits per heavy atom. The van der Waals surface area contributed by atoms with Crippen molar-refractivity contribution >= 4 is 55.3 Å². The van der Waals surface area contributed by atoms with Crippen molar-refractivity contribution in [3.63, 3.8) is 0 Å². The van der Waals surface area contributed by atoms with E-state index in [1.807, 2.05) is 42.6 Å². The van der Waals surface area contributed by atoms with E-state index in [4.69, 9.17) is 4.98 Å². The number of aromatic nitrogens is 1. The SMILES string of the molecule is C(=N\Nc1c2ccccc2nc2ccccc12)/c1ccc2cc3ccccc3cc2c1. The summed E-state index contributed by atoms with van der Waals surface area (Å²) in [7, 11) is 0. The molecule has 1 heterocycles. The van der Waals surface area contributed by atoms with E-state index in [1.165, 1.54) is 21.5 Å². The number of nitrogens with one attached hydrogen (secondary N) is 1. The monoisotopic (exact) mass is 397 g/mol. The van der Waals surface area contributed by atoms with E-state index in [9.17, 15) is 0 Å². The Kier molecular flexibility index (Phi) is 4.10. The number of benzene rings is 5. The Morgan fingerprint density at radius 1 is 0.581 bits per heavy atom. The molecule has 0 aliphatic rings. The van der Waals surface area contributed by atoms with Gasteiger partial charge in [-0.3, -0.25) is 5.43 Å². The molecule has 0 aliphatic heterocycles. The molecule has 0 unspecified atom stereocenters. The first-order chi connectivity index (χ1) is 15.3. The van der Waals surface area contributed by atoms with Gasteiger partial charge in [0, 0.05) is 10.8 Å². The predicted octanol–water partition coefficient (Wildman–Crippen LogP) is 7.14. The molecule has 0 saturated carbocycles. The van der Waals surface area contributed by atoms with Crippen LogP contribution in [0.25, 0.3) is 43.4 Å². The number of nitrogens with zero attached hydrogens (tertiary/aromatic N) is 2. The summed E-state index contributed by atoms with van der Waals surface area (Å²) in [5.41, 5.74) is 7.23. The molecular formula is C28H19N3. The summed E-state index contributed by atoms with van der Waals surface area (Å²) in [5.74, 6) is 0. The zero-order valence-corrected chi connectivity index (χ0v) is 16.8. The highest BCUT2D eigenvalue weighted by Gasteiger charge is 2.07. The lowest BCUT2D eigenvalue weighted by Crippen LogP contribution is -1.95. The number of para-hydroxylation sites is 2. The highest BCUT2D eigenvalue weighted by Crippen LogP contribution is 2.30. The number of hydrogen-bond acceptors (Lipinski definition) is 3. The van der Waals surface area contributed by atoms with E-state index in [-0.39, 0.29) is 0 Å². The van der Waals surface area contributed by atoms with Crippen LogP contribution in [0.2, 0.25) is 0 Å². The number of rotatable bonds is 3. The maximum atomic E-state index is 4.77. The van der Waals surface area contributed by atoms with Gasteiger partial charge < -0.3 is 0 Å². The normalized spacial score (nSPS) is 11.7.